The van der Waals surface area contributed by atoms with Gasteiger partial charge in [0.05, 0.1) is 18.9 Å². The van der Waals surface area contributed by atoms with E-state index in [9.17, 15) is 4.39 Å². The molecule has 0 saturated carbocycles. The maximum absolute atomic E-state index is 14.0. The molecule has 1 rings (SSSR count). The van der Waals surface area contributed by atoms with Gasteiger partial charge in [0.15, 0.2) is 0 Å². The van der Waals surface area contributed by atoms with Crippen molar-refractivity contribution in [3.63, 3.8) is 0 Å². The minimum absolute atomic E-state index is 0.0168. The van der Waals surface area contributed by atoms with Crippen molar-refractivity contribution < 1.29 is 14.2 Å². The summed E-state index contributed by atoms with van der Waals surface area (Å²) in [5, 5.41) is 12.1. The van der Waals surface area contributed by atoms with Gasteiger partial charge in [-0.1, -0.05) is 12.1 Å². The Bertz CT molecular complexity index is 361. The van der Waals surface area contributed by atoms with Gasteiger partial charge in [0.1, 0.15) is 5.82 Å². The standard InChI is InChI=1S/C13H21FN2O2/c1-15-10-11-4-3-5-12(14)13(11)16(6-8-17)7-9-18-2/h3-5,15,17H,6-10H2,1-2H3. The molecular weight excluding hydrogens is 235 g/mol. The fourth-order valence-corrected chi connectivity index (χ4v) is 1.90. The molecule has 0 bridgehead atoms. The Morgan fingerprint density at radius 3 is 2.78 bits per heavy atom. The summed E-state index contributed by atoms with van der Waals surface area (Å²) in [5.74, 6) is -0.271. The number of ether oxygens (including phenoxy) is 1. The van der Waals surface area contributed by atoms with Crippen molar-refractivity contribution in [3.05, 3.63) is 29.6 Å². The van der Waals surface area contributed by atoms with Gasteiger partial charge in [0.2, 0.25) is 0 Å². The number of anilines is 1. The van der Waals surface area contributed by atoms with Crippen LogP contribution < -0.4 is 10.2 Å². The van der Waals surface area contributed by atoms with Crippen molar-refractivity contribution in [1.82, 2.24) is 5.32 Å². The quantitative estimate of drug-likeness (QED) is 0.728. The largest absolute Gasteiger partial charge is 0.395 e. The molecule has 102 valence electrons. The molecule has 1 aromatic rings. The SMILES string of the molecule is CNCc1cccc(F)c1N(CCO)CCOC. The van der Waals surface area contributed by atoms with Gasteiger partial charge in [-0.25, -0.2) is 4.39 Å². The molecule has 0 atom stereocenters. The van der Waals surface area contributed by atoms with Crippen LogP contribution in [0, 0.1) is 5.82 Å². The van der Waals surface area contributed by atoms with Crippen LogP contribution >= 0.6 is 0 Å². The van der Waals surface area contributed by atoms with Crippen molar-refractivity contribution >= 4 is 5.69 Å². The second-order valence-corrected chi connectivity index (χ2v) is 3.98. The number of rotatable bonds is 8. The lowest BCUT2D eigenvalue weighted by atomic mass is 10.1. The number of nitrogens with zero attached hydrogens (tertiary/aromatic N) is 1. The molecule has 0 fully saturated rings. The van der Waals surface area contributed by atoms with Crippen molar-refractivity contribution in [2.45, 2.75) is 6.54 Å². The van der Waals surface area contributed by atoms with Gasteiger partial charge in [0.25, 0.3) is 0 Å². The van der Waals surface area contributed by atoms with E-state index in [1.807, 2.05) is 18.0 Å². The Kier molecular flexibility index (Phi) is 6.64. The lowest BCUT2D eigenvalue weighted by Gasteiger charge is -2.26. The molecule has 0 aliphatic rings. The van der Waals surface area contributed by atoms with Crippen molar-refractivity contribution in [2.24, 2.45) is 0 Å². The molecule has 0 heterocycles. The summed E-state index contributed by atoms with van der Waals surface area (Å²) in [6.07, 6.45) is 0. The average Bonchev–Trinajstić information content (AvgIpc) is 2.36. The van der Waals surface area contributed by atoms with Gasteiger partial charge in [-0.05, 0) is 18.7 Å². The summed E-state index contributed by atoms with van der Waals surface area (Å²) in [5.41, 5.74) is 1.42. The van der Waals surface area contributed by atoms with Crippen LogP contribution in [0.2, 0.25) is 0 Å². The lowest BCUT2D eigenvalue weighted by Crippen LogP contribution is -2.32. The van der Waals surface area contributed by atoms with Gasteiger partial charge in [-0.15, -0.1) is 0 Å². The highest BCUT2D eigenvalue weighted by Gasteiger charge is 2.15. The highest BCUT2D eigenvalue weighted by molar-refractivity contribution is 5.55. The predicted molar refractivity (Wildman–Crippen MR) is 70.3 cm³/mol. The van der Waals surface area contributed by atoms with Crippen LogP contribution in [0.1, 0.15) is 5.56 Å². The van der Waals surface area contributed by atoms with Crippen LogP contribution in [0.15, 0.2) is 18.2 Å². The van der Waals surface area contributed by atoms with Crippen LogP contribution in [-0.2, 0) is 11.3 Å². The number of para-hydroxylation sites is 1. The third-order valence-electron chi connectivity index (χ3n) is 2.69. The fourth-order valence-electron chi connectivity index (χ4n) is 1.90. The molecule has 5 heteroatoms. The molecule has 4 nitrogen and oxygen atoms in total. The van der Waals surface area contributed by atoms with Gasteiger partial charge < -0.3 is 20.1 Å². The summed E-state index contributed by atoms with van der Waals surface area (Å²) >= 11 is 0. The van der Waals surface area contributed by atoms with Gasteiger partial charge in [-0.2, -0.15) is 0 Å². The predicted octanol–water partition coefficient (Wildman–Crippen LogP) is 0.990. The first-order valence-electron chi connectivity index (χ1n) is 6.01. The molecule has 0 radical (unpaired) electrons. The maximum atomic E-state index is 14.0. The molecule has 1 aromatic carbocycles. The monoisotopic (exact) mass is 256 g/mol. The van der Waals surface area contributed by atoms with Crippen LogP contribution in [0.3, 0.4) is 0 Å². The number of aliphatic hydroxyl groups excluding tert-OH is 1. The molecular formula is C13H21FN2O2. The Balaban J connectivity index is 2.99. The zero-order valence-electron chi connectivity index (χ0n) is 10.9. The molecule has 0 aliphatic heterocycles. The van der Waals surface area contributed by atoms with E-state index in [0.29, 0.717) is 31.9 Å². The van der Waals surface area contributed by atoms with Crippen LogP contribution in [-0.4, -0.2) is 45.6 Å². The van der Waals surface area contributed by atoms with Crippen molar-refractivity contribution in [2.75, 3.05) is 45.4 Å². The summed E-state index contributed by atoms with van der Waals surface area (Å²) in [6.45, 7) is 2.00. The number of methoxy groups -OCH3 is 1. The summed E-state index contributed by atoms with van der Waals surface area (Å²) < 4.78 is 19.0. The third kappa shape index (κ3) is 3.94. The Hall–Kier alpha value is -1.17. The minimum Gasteiger partial charge on any atom is -0.395 e. The van der Waals surface area contributed by atoms with Crippen LogP contribution in [0.4, 0.5) is 10.1 Å². The Morgan fingerprint density at radius 2 is 2.17 bits per heavy atom. The molecule has 0 aromatic heterocycles. The molecule has 0 spiro atoms. The Morgan fingerprint density at radius 1 is 1.39 bits per heavy atom. The first kappa shape index (κ1) is 14.9. The first-order valence-corrected chi connectivity index (χ1v) is 6.01. The fraction of sp³-hybridized carbons (Fsp3) is 0.538. The van der Waals surface area contributed by atoms with Crippen molar-refractivity contribution in [3.8, 4) is 0 Å². The molecule has 0 aliphatic carbocycles. The molecule has 0 amide bonds. The topological polar surface area (TPSA) is 44.7 Å². The highest BCUT2D eigenvalue weighted by atomic mass is 19.1. The zero-order chi connectivity index (χ0) is 13.4. The van der Waals surface area contributed by atoms with Crippen molar-refractivity contribution in [1.29, 1.82) is 0 Å². The average molecular weight is 256 g/mol. The number of halogens is 1. The molecule has 0 unspecified atom stereocenters. The first-order chi connectivity index (χ1) is 8.74. The van der Waals surface area contributed by atoms with E-state index in [1.54, 1.807) is 13.2 Å². The normalized spacial score (nSPS) is 10.7. The maximum Gasteiger partial charge on any atom is 0.146 e. The third-order valence-corrected chi connectivity index (χ3v) is 2.69. The minimum atomic E-state index is -0.271. The van der Waals surface area contributed by atoms with E-state index in [2.05, 4.69) is 5.32 Å². The van der Waals surface area contributed by atoms with Crippen LogP contribution in [0.25, 0.3) is 0 Å². The molecule has 2 N–H and O–H groups in total. The second-order valence-electron chi connectivity index (χ2n) is 3.98. The van der Waals surface area contributed by atoms with E-state index in [0.717, 1.165) is 5.56 Å². The molecule has 0 saturated heterocycles. The van der Waals surface area contributed by atoms with E-state index >= 15 is 0 Å². The smallest absolute Gasteiger partial charge is 0.146 e. The summed E-state index contributed by atoms with van der Waals surface area (Å²) in [6, 6.07) is 5.01. The number of hydrogen-bond donors (Lipinski definition) is 2. The number of nitrogens with one attached hydrogen (secondary N) is 1. The van der Waals surface area contributed by atoms with E-state index in [4.69, 9.17) is 9.84 Å². The number of benzene rings is 1. The second kappa shape index (κ2) is 8.02. The van der Waals surface area contributed by atoms with E-state index in [1.165, 1.54) is 6.07 Å². The number of aliphatic hydroxyl groups is 1. The highest BCUT2D eigenvalue weighted by Crippen LogP contribution is 2.24. The van der Waals surface area contributed by atoms with E-state index in [-0.39, 0.29) is 12.4 Å². The van der Waals surface area contributed by atoms with Gasteiger partial charge in [-0.3, -0.25) is 0 Å². The van der Waals surface area contributed by atoms with Gasteiger partial charge in [0, 0.05) is 26.7 Å². The molecule has 18 heavy (non-hydrogen) atoms. The summed E-state index contributed by atoms with van der Waals surface area (Å²) in [4.78, 5) is 1.81. The lowest BCUT2D eigenvalue weighted by molar-refractivity contribution is 0.202. The van der Waals surface area contributed by atoms with Crippen LogP contribution in [0.5, 0.6) is 0 Å². The number of hydrogen-bond acceptors (Lipinski definition) is 4. The zero-order valence-corrected chi connectivity index (χ0v) is 10.9. The van der Waals surface area contributed by atoms with E-state index < -0.39 is 0 Å². The summed E-state index contributed by atoms with van der Waals surface area (Å²) in [7, 11) is 3.42. The van der Waals surface area contributed by atoms with Gasteiger partial charge >= 0.3 is 0 Å². The Labute approximate surface area is 107 Å².